The van der Waals surface area contributed by atoms with Crippen LogP contribution in [0.15, 0.2) is 30.6 Å². The largest absolute Gasteiger partial charge is 0.493 e. The van der Waals surface area contributed by atoms with Crippen LogP contribution in [0.1, 0.15) is 20.8 Å². The summed E-state index contributed by atoms with van der Waals surface area (Å²) >= 11 is 0. The van der Waals surface area contributed by atoms with Crippen LogP contribution >= 0.6 is 0 Å². The second kappa shape index (κ2) is 5.87. The Kier molecular flexibility index (Phi) is 3.98. The predicted octanol–water partition coefficient (Wildman–Crippen LogP) is 1.07. The van der Waals surface area contributed by atoms with Crippen LogP contribution in [0.3, 0.4) is 0 Å². The molecule has 3 N–H and O–H groups in total. The minimum Gasteiger partial charge on any atom is -0.493 e. The second-order valence-electron chi connectivity index (χ2n) is 3.88. The molecule has 2 aromatic rings. The van der Waals surface area contributed by atoms with E-state index in [4.69, 9.17) is 20.3 Å². The standard InChI is InChI=1S/C13H11N3O5/c1-20-10-4-7(12(14)17)2-3-9(10)21-11-6-15-8(5-16-11)13(18)19/h2-6H,1H3,(H2,14,17)(H,18,19). The van der Waals surface area contributed by atoms with Crippen LogP contribution in [-0.4, -0.2) is 34.1 Å². The fraction of sp³-hybridized carbons (Fsp3) is 0.0769. The number of carbonyl (C=O) groups excluding carboxylic acids is 1. The Labute approximate surface area is 119 Å². The third-order valence-corrected chi connectivity index (χ3v) is 2.51. The number of aromatic carboxylic acids is 1. The number of benzene rings is 1. The van der Waals surface area contributed by atoms with Crippen LogP contribution in [-0.2, 0) is 0 Å². The van der Waals surface area contributed by atoms with Crippen molar-refractivity contribution >= 4 is 11.9 Å². The number of nitrogens with two attached hydrogens (primary N) is 1. The third kappa shape index (κ3) is 3.24. The fourth-order valence-corrected chi connectivity index (χ4v) is 1.50. The molecule has 0 aliphatic rings. The van der Waals surface area contributed by atoms with E-state index in [2.05, 4.69) is 9.97 Å². The molecule has 108 valence electrons. The van der Waals surface area contributed by atoms with Crippen LogP contribution in [0.2, 0.25) is 0 Å². The third-order valence-electron chi connectivity index (χ3n) is 2.51. The Hall–Kier alpha value is -3.16. The van der Waals surface area contributed by atoms with Crippen molar-refractivity contribution in [2.24, 2.45) is 5.73 Å². The molecule has 1 aromatic heterocycles. The Morgan fingerprint density at radius 2 is 1.95 bits per heavy atom. The van der Waals surface area contributed by atoms with E-state index in [1.807, 2.05) is 0 Å². The topological polar surface area (TPSA) is 125 Å². The van der Waals surface area contributed by atoms with Crippen molar-refractivity contribution in [2.75, 3.05) is 7.11 Å². The smallest absolute Gasteiger partial charge is 0.356 e. The molecule has 0 fully saturated rings. The van der Waals surface area contributed by atoms with Crippen LogP contribution in [0.4, 0.5) is 0 Å². The first kappa shape index (κ1) is 14.3. The summed E-state index contributed by atoms with van der Waals surface area (Å²) in [6.07, 6.45) is 2.24. The Bertz CT molecular complexity index is 685. The highest BCUT2D eigenvalue weighted by Gasteiger charge is 2.11. The van der Waals surface area contributed by atoms with Gasteiger partial charge in [0.15, 0.2) is 17.2 Å². The summed E-state index contributed by atoms with van der Waals surface area (Å²) in [4.78, 5) is 29.2. The maximum absolute atomic E-state index is 11.1. The molecule has 1 aromatic carbocycles. The maximum atomic E-state index is 11.1. The number of nitrogens with zero attached hydrogens (tertiary/aromatic N) is 2. The zero-order valence-corrected chi connectivity index (χ0v) is 10.9. The first-order chi connectivity index (χ1) is 10.0. The molecule has 0 radical (unpaired) electrons. The normalized spacial score (nSPS) is 9.95. The maximum Gasteiger partial charge on any atom is 0.356 e. The number of ether oxygens (including phenoxy) is 2. The van der Waals surface area contributed by atoms with Crippen molar-refractivity contribution in [3.05, 3.63) is 41.9 Å². The Morgan fingerprint density at radius 3 is 2.48 bits per heavy atom. The molecular formula is C13H11N3O5. The summed E-state index contributed by atoms with van der Waals surface area (Å²) < 4.78 is 10.5. The number of carboxylic acids is 1. The molecule has 0 aliphatic heterocycles. The highest BCUT2D eigenvalue weighted by Crippen LogP contribution is 2.31. The molecular weight excluding hydrogens is 278 g/mol. The summed E-state index contributed by atoms with van der Waals surface area (Å²) in [5, 5.41) is 8.72. The quantitative estimate of drug-likeness (QED) is 0.843. The Balaban J connectivity index is 2.26. The number of hydrogen-bond acceptors (Lipinski definition) is 6. The zero-order valence-electron chi connectivity index (χ0n) is 10.9. The highest BCUT2D eigenvalue weighted by molar-refractivity contribution is 5.93. The monoisotopic (exact) mass is 289 g/mol. The zero-order chi connectivity index (χ0) is 15.4. The van der Waals surface area contributed by atoms with Crippen molar-refractivity contribution in [3.63, 3.8) is 0 Å². The van der Waals surface area contributed by atoms with Gasteiger partial charge in [-0.25, -0.2) is 14.8 Å². The minimum absolute atomic E-state index is 0.0881. The molecule has 1 heterocycles. The molecule has 0 unspecified atom stereocenters. The lowest BCUT2D eigenvalue weighted by molar-refractivity contribution is 0.0689. The Morgan fingerprint density at radius 1 is 1.19 bits per heavy atom. The fourth-order valence-electron chi connectivity index (χ4n) is 1.50. The first-order valence-corrected chi connectivity index (χ1v) is 5.72. The van der Waals surface area contributed by atoms with Gasteiger partial charge in [-0.2, -0.15) is 0 Å². The number of methoxy groups -OCH3 is 1. The number of aromatic nitrogens is 2. The lowest BCUT2D eigenvalue weighted by Gasteiger charge is -2.10. The average molecular weight is 289 g/mol. The van der Waals surface area contributed by atoms with Gasteiger partial charge in [0.2, 0.25) is 11.8 Å². The van der Waals surface area contributed by atoms with Gasteiger partial charge < -0.3 is 20.3 Å². The summed E-state index contributed by atoms with van der Waals surface area (Å²) in [5.41, 5.74) is 5.25. The van der Waals surface area contributed by atoms with E-state index in [1.54, 1.807) is 0 Å². The molecule has 1 amide bonds. The number of rotatable bonds is 5. The molecule has 0 aliphatic carbocycles. The van der Waals surface area contributed by atoms with Crippen molar-refractivity contribution in [1.82, 2.24) is 9.97 Å². The van der Waals surface area contributed by atoms with Gasteiger partial charge in [0.05, 0.1) is 19.5 Å². The molecule has 0 spiro atoms. The molecule has 2 rings (SSSR count). The molecule has 8 nitrogen and oxygen atoms in total. The van der Waals surface area contributed by atoms with E-state index in [0.717, 1.165) is 6.20 Å². The molecule has 0 saturated carbocycles. The number of carbonyl (C=O) groups is 2. The summed E-state index contributed by atoms with van der Waals surface area (Å²) in [6, 6.07) is 4.39. The van der Waals surface area contributed by atoms with Crippen LogP contribution in [0, 0.1) is 0 Å². The van der Waals surface area contributed by atoms with Gasteiger partial charge >= 0.3 is 5.97 Å². The van der Waals surface area contributed by atoms with E-state index in [9.17, 15) is 9.59 Å². The number of primary amides is 1. The van der Waals surface area contributed by atoms with Crippen molar-refractivity contribution in [1.29, 1.82) is 0 Å². The summed E-state index contributed by atoms with van der Waals surface area (Å²) in [7, 11) is 1.41. The van der Waals surface area contributed by atoms with Crippen LogP contribution in [0.25, 0.3) is 0 Å². The van der Waals surface area contributed by atoms with E-state index in [-0.39, 0.29) is 22.9 Å². The molecule has 0 bridgehead atoms. The van der Waals surface area contributed by atoms with Gasteiger partial charge in [-0.1, -0.05) is 0 Å². The van der Waals surface area contributed by atoms with E-state index >= 15 is 0 Å². The van der Waals surface area contributed by atoms with Gasteiger partial charge in [-0.15, -0.1) is 0 Å². The van der Waals surface area contributed by atoms with Gasteiger partial charge in [-0.3, -0.25) is 4.79 Å². The first-order valence-electron chi connectivity index (χ1n) is 5.72. The van der Waals surface area contributed by atoms with E-state index in [1.165, 1.54) is 31.5 Å². The van der Waals surface area contributed by atoms with Crippen LogP contribution in [0.5, 0.6) is 17.4 Å². The van der Waals surface area contributed by atoms with Crippen LogP contribution < -0.4 is 15.2 Å². The lowest BCUT2D eigenvalue weighted by Crippen LogP contribution is -2.10. The van der Waals surface area contributed by atoms with Crippen molar-refractivity contribution in [3.8, 4) is 17.4 Å². The van der Waals surface area contributed by atoms with Crippen molar-refractivity contribution < 1.29 is 24.2 Å². The van der Waals surface area contributed by atoms with Gasteiger partial charge in [-0.05, 0) is 18.2 Å². The number of amides is 1. The molecule has 0 saturated heterocycles. The molecule has 8 heteroatoms. The lowest BCUT2D eigenvalue weighted by atomic mass is 10.2. The minimum atomic E-state index is -1.18. The van der Waals surface area contributed by atoms with Gasteiger partial charge in [0.1, 0.15) is 0 Å². The molecule has 21 heavy (non-hydrogen) atoms. The predicted molar refractivity (Wildman–Crippen MR) is 70.6 cm³/mol. The van der Waals surface area contributed by atoms with Crippen molar-refractivity contribution in [2.45, 2.75) is 0 Å². The SMILES string of the molecule is COc1cc(C(N)=O)ccc1Oc1cnc(C(=O)O)cn1. The second-order valence-corrected chi connectivity index (χ2v) is 3.88. The molecule has 0 atom stereocenters. The highest BCUT2D eigenvalue weighted by atomic mass is 16.5. The average Bonchev–Trinajstić information content (AvgIpc) is 2.48. The number of hydrogen-bond donors (Lipinski definition) is 2. The summed E-state index contributed by atoms with van der Waals surface area (Å²) in [6.45, 7) is 0. The van der Waals surface area contributed by atoms with Gasteiger partial charge in [0, 0.05) is 5.56 Å². The van der Waals surface area contributed by atoms with Gasteiger partial charge in [0.25, 0.3) is 0 Å². The number of carboxylic acid groups (broad SMARTS) is 1. The van der Waals surface area contributed by atoms with E-state index < -0.39 is 11.9 Å². The summed E-state index contributed by atoms with van der Waals surface area (Å²) in [5.74, 6) is -1.11. The van der Waals surface area contributed by atoms with E-state index in [0.29, 0.717) is 5.75 Å².